The van der Waals surface area contributed by atoms with Gasteiger partial charge in [0.2, 0.25) is 5.95 Å². The predicted octanol–water partition coefficient (Wildman–Crippen LogP) is 8.46. The van der Waals surface area contributed by atoms with E-state index in [0.717, 1.165) is 31.9 Å². The van der Waals surface area contributed by atoms with E-state index in [4.69, 9.17) is 4.74 Å². The monoisotopic (exact) mass is 486 g/mol. The molecular weight excluding hydrogens is 453 g/mol. The first-order valence-electron chi connectivity index (χ1n) is 12.1. The van der Waals surface area contributed by atoms with E-state index in [1.165, 1.54) is 12.0 Å². The molecule has 1 aromatic heterocycles. The Bertz CT molecular complexity index is 1050. The second-order valence-electron chi connectivity index (χ2n) is 8.57. The zero-order valence-electron chi connectivity index (χ0n) is 20.5. The van der Waals surface area contributed by atoms with Crippen molar-refractivity contribution in [1.82, 2.24) is 9.97 Å². The van der Waals surface area contributed by atoms with Crippen LogP contribution in [-0.4, -0.2) is 16.6 Å². The highest BCUT2D eigenvalue weighted by Gasteiger charge is 2.35. The Morgan fingerprint density at radius 3 is 2.17 bits per heavy atom. The third-order valence-corrected chi connectivity index (χ3v) is 5.83. The minimum atomic E-state index is -4.60. The van der Waals surface area contributed by atoms with E-state index in [9.17, 15) is 13.2 Å². The van der Waals surface area contributed by atoms with Gasteiger partial charge in [0, 0.05) is 17.6 Å². The maximum atomic E-state index is 13.6. The second kappa shape index (κ2) is 12.4. The quantitative estimate of drug-likeness (QED) is 0.252. The van der Waals surface area contributed by atoms with Crippen molar-refractivity contribution >= 4 is 23.1 Å². The summed E-state index contributed by atoms with van der Waals surface area (Å²) in [7, 11) is 0. The zero-order chi connectivity index (χ0) is 25.3. The fourth-order valence-electron chi connectivity index (χ4n) is 3.49. The fraction of sp³-hybridized carbons (Fsp3) is 0.407. The van der Waals surface area contributed by atoms with E-state index in [1.807, 2.05) is 24.3 Å². The van der Waals surface area contributed by atoms with Crippen molar-refractivity contribution in [2.24, 2.45) is 0 Å². The highest BCUT2D eigenvalue weighted by molar-refractivity contribution is 5.63. The van der Waals surface area contributed by atoms with Crippen molar-refractivity contribution in [3.63, 3.8) is 0 Å². The Hall–Kier alpha value is -3.29. The van der Waals surface area contributed by atoms with Crippen LogP contribution in [0.5, 0.6) is 5.75 Å². The van der Waals surface area contributed by atoms with Crippen molar-refractivity contribution in [3.05, 3.63) is 65.9 Å². The van der Waals surface area contributed by atoms with Gasteiger partial charge < -0.3 is 15.4 Å². The fourth-order valence-corrected chi connectivity index (χ4v) is 3.49. The summed E-state index contributed by atoms with van der Waals surface area (Å²) in [6.45, 7) is 7.03. The number of ether oxygens (including phenoxy) is 1. The first-order valence-corrected chi connectivity index (χ1v) is 12.1. The number of halogens is 3. The number of anilines is 4. The molecule has 3 aromatic rings. The Morgan fingerprint density at radius 1 is 0.886 bits per heavy atom. The third kappa shape index (κ3) is 7.87. The molecule has 0 aliphatic carbocycles. The lowest BCUT2D eigenvalue weighted by Gasteiger charge is -2.15. The molecule has 0 radical (unpaired) electrons. The third-order valence-electron chi connectivity index (χ3n) is 5.83. The molecule has 0 spiro atoms. The van der Waals surface area contributed by atoms with E-state index in [-0.39, 0.29) is 11.8 Å². The summed E-state index contributed by atoms with van der Waals surface area (Å²) in [5.41, 5.74) is 1.42. The summed E-state index contributed by atoms with van der Waals surface area (Å²) >= 11 is 0. The lowest BCUT2D eigenvalue weighted by Crippen LogP contribution is -2.12. The van der Waals surface area contributed by atoms with Crippen molar-refractivity contribution in [2.75, 3.05) is 17.2 Å². The topological polar surface area (TPSA) is 59.1 Å². The summed E-state index contributed by atoms with van der Waals surface area (Å²) in [6.07, 6.45) is 1.63. The van der Waals surface area contributed by atoms with Crippen molar-refractivity contribution in [1.29, 1.82) is 0 Å². The van der Waals surface area contributed by atoms with Gasteiger partial charge in [0.1, 0.15) is 17.1 Å². The molecule has 0 saturated carbocycles. The molecule has 0 aliphatic heterocycles. The normalized spacial score (nSPS) is 12.3. The number of hydrogen-bond donors (Lipinski definition) is 2. The largest absolute Gasteiger partial charge is 0.494 e. The average molecular weight is 487 g/mol. The van der Waals surface area contributed by atoms with Gasteiger partial charge >= 0.3 is 6.18 Å². The maximum Gasteiger partial charge on any atom is 0.421 e. The second-order valence-corrected chi connectivity index (χ2v) is 8.57. The molecule has 1 heterocycles. The number of nitrogens with one attached hydrogen (secondary N) is 2. The summed E-state index contributed by atoms with van der Waals surface area (Å²) in [5, 5.41) is 5.77. The van der Waals surface area contributed by atoms with E-state index < -0.39 is 11.7 Å². The SMILES string of the molecule is CCCCCCOc1ccc(Nc2nc(Nc3ccc(C(C)CC)cc3)ncc2C(F)(F)F)cc1. The lowest BCUT2D eigenvalue weighted by molar-refractivity contribution is -0.137. The van der Waals surface area contributed by atoms with Crippen LogP contribution in [0.25, 0.3) is 0 Å². The minimum Gasteiger partial charge on any atom is -0.494 e. The van der Waals surface area contributed by atoms with Gasteiger partial charge in [0.05, 0.1) is 6.61 Å². The molecule has 3 rings (SSSR count). The molecule has 0 aliphatic rings. The van der Waals surface area contributed by atoms with Gasteiger partial charge in [0.25, 0.3) is 0 Å². The molecule has 0 fully saturated rings. The Kier molecular flexibility index (Phi) is 9.34. The summed E-state index contributed by atoms with van der Waals surface area (Å²) < 4.78 is 46.5. The standard InChI is InChI=1S/C27H33F3N4O/c1-4-6-7-8-17-35-23-15-13-21(14-16-23)32-25-24(27(28,29)30)18-31-26(34-25)33-22-11-9-20(10-12-22)19(3)5-2/h9-16,18-19H,4-8,17H2,1-3H3,(H2,31,32,33,34). The van der Waals surface area contributed by atoms with Crippen LogP contribution in [0.3, 0.4) is 0 Å². The van der Waals surface area contributed by atoms with Crippen LogP contribution in [0, 0.1) is 0 Å². The number of hydrogen-bond acceptors (Lipinski definition) is 5. The minimum absolute atomic E-state index is 0.0730. The van der Waals surface area contributed by atoms with Crippen molar-refractivity contribution < 1.29 is 17.9 Å². The van der Waals surface area contributed by atoms with Gasteiger partial charge in [-0.2, -0.15) is 18.2 Å². The Morgan fingerprint density at radius 2 is 1.54 bits per heavy atom. The van der Waals surface area contributed by atoms with E-state index in [1.54, 1.807) is 24.3 Å². The van der Waals surface area contributed by atoms with Gasteiger partial charge in [-0.15, -0.1) is 0 Å². The highest BCUT2D eigenvalue weighted by Crippen LogP contribution is 2.35. The molecule has 1 atom stereocenters. The van der Waals surface area contributed by atoms with Crippen LogP contribution >= 0.6 is 0 Å². The number of aromatic nitrogens is 2. The molecule has 35 heavy (non-hydrogen) atoms. The molecule has 0 amide bonds. The molecule has 0 saturated heterocycles. The highest BCUT2D eigenvalue weighted by atomic mass is 19.4. The van der Waals surface area contributed by atoms with Gasteiger partial charge in [-0.1, -0.05) is 52.2 Å². The lowest BCUT2D eigenvalue weighted by atomic mass is 9.99. The molecule has 188 valence electrons. The Labute approximate surface area is 205 Å². The molecule has 1 unspecified atom stereocenters. The van der Waals surface area contributed by atoms with Crippen molar-refractivity contribution in [3.8, 4) is 5.75 Å². The van der Waals surface area contributed by atoms with Crippen LogP contribution in [-0.2, 0) is 6.18 Å². The molecule has 8 heteroatoms. The number of rotatable bonds is 12. The maximum absolute atomic E-state index is 13.6. The van der Waals surface area contributed by atoms with Gasteiger partial charge in [0.15, 0.2) is 0 Å². The number of nitrogens with zero attached hydrogens (tertiary/aromatic N) is 2. The van der Waals surface area contributed by atoms with Crippen LogP contribution in [0.2, 0.25) is 0 Å². The number of alkyl halides is 3. The summed E-state index contributed by atoms with van der Waals surface area (Å²) in [5.74, 6) is 0.859. The van der Waals surface area contributed by atoms with E-state index in [2.05, 4.69) is 41.4 Å². The number of benzene rings is 2. The molecule has 2 aromatic carbocycles. The van der Waals surface area contributed by atoms with Gasteiger partial charge in [-0.05, 0) is 60.7 Å². The van der Waals surface area contributed by atoms with Gasteiger partial charge in [-0.3, -0.25) is 0 Å². The van der Waals surface area contributed by atoms with Crippen LogP contribution in [0.1, 0.15) is 69.9 Å². The van der Waals surface area contributed by atoms with Crippen LogP contribution in [0.4, 0.5) is 36.3 Å². The molecule has 5 nitrogen and oxygen atoms in total. The first-order chi connectivity index (χ1) is 16.8. The van der Waals surface area contributed by atoms with Crippen LogP contribution in [0.15, 0.2) is 54.7 Å². The molecular formula is C27H33F3N4O. The van der Waals surface area contributed by atoms with Crippen molar-refractivity contribution in [2.45, 2.75) is 65.0 Å². The van der Waals surface area contributed by atoms with E-state index >= 15 is 0 Å². The van der Waals surface area contributed by atoms with E-state index in [0.29, 0.717) is 29.6 Å². The molecule has 0 bridgehead atoms. The Balaban J connectivity index is 1.72. The smallest absolute Gasteiger partial charge is 0.421 e. The average Bonchev–Trinajstić information content (AvgIpc) is 2.84. The predicted molar refractivity (Wildman–Crippen MR) is 135 cm³/mol. The first kappa shape index (κ1) is 26.3. The summed E-state index contributed by atoms with van der Waals surface area (Å²) in [4.78, 5) is 8.00. The van der Waals surface area contributed by atoms with Gasteiger partial charge in [-0.25, -0.2) is 4.98 Å². The molecule has 2 N–H and O–H groups in total. The summed E-state index contributed by atoms with van der Waals surface area (Å²) in [6, 6.07) is 14.5. The number of unbranched alkanes of at least 4 members (excludes halogenated alkanes) is 3. The zero-order valence-corrected chi connectivity index (χ0v) is 20.5. The van der Waals surface area contributed by atoms with Crippen LogP contribution < -0.4 is 15.4 Å².